The number of methoxy groups -OCH3 is 3. The van der Waals surface area contributed by atoms with E-state index in [-0.39, 0.29) is 17.9 Å². The minimum Gasteiger partial charge on any atom is -0.497 e. The van der Waals surface area contributed by atoms with E-state index in [0.29, 0.717) is 45.2 Å². The quantitative estimate of drug-likeness (QED) is 0.413. The van der Waals surface area contributed by atoms with Crippen molar-refractivity contribution in [3.05, 3.63) is 77.2 Å². The Balaban J connectivity index is 1.45. The molecular formula is C26H23NO7. The molecule has 8 heteroatoms. The van der Waals surface area contributed by atoms with Crippen LogP contribution < -0.4 is 29.7 Å². The number of carbonyl (C=O) groups excluding carboxylic acids is 1. The first-order valence-corrected chi connectivity index (χ1v) is 10.4. The zero-order chi connectivity index (χ0) is 24.1. The summed E-state index contributed by atoms with van der Waals surface area (Å²) in [5, 5.41) is 3.15. The fourth-order valence-electron chi connectivity index (χ4n) is 3.43. The van der Waals surface area contributed by atoms with Gasteiger partial charge in [-0.1, -0.05) is 12.1 Å². The summed E-state index contributed by atoms with van der Waals surface area (Å²) >= 11 is 0. The van der Waals surface area contributed by atoms with E-state index < -0.39 is 0 Å². The highest BCUT2D eigenvalue weighted by Crippen LogP contribution is 2.30. The largest absolute Gasteiger partial charge is 0.497 e. The summed E-state index contributed by atoms with van der Waals surface area (Å²) < 4.78 is 26.9. The molecule has 0 saturated heterocycles. The van der Waals surface area contributed by atoms with Gasteiger partial charge in [-0.25, -0.2) is 0 Å². The van der Waals surface area contributed by atoms with Crippen molar-refractivity contribution in [1.82, 2.24) is 0 Å². The lowest BCUT2D eigenvalue weighted by atomic mass is 10.1. The van der Waals surface area contributed by atoms with E-state index in [1.807, 2.05) is 0 Å². The molecule has 0 radical (unpaired) electrons. The predicted octanol–water partition coefficient (Wildman–Crippen LogP) is 4.50. The number of carbonyl (C=O) groups is 1. The van der Waals surface area contributed by atoms with Crippen LogP contribution in [0, 0.1) is 0 Å². The summed E-state index contributed by atoms with van der Waals surface area (Å²) in [7, 11) is 4.64. The molecule has 0 bridgehead atoms. The lowest BCUT2D eigenvalue weighted by Crippen LogP contribution is -2.20. The summed E-state index contributed by atoms with van der Waals surface area (Å²) in [4.78, 5) is 25.3. The Labute approximate surface area is 195 Å². The molecule has 34 heavy (non-hydrogen) atoms. The number of rotatable bonds is 8. The molecule has 0 atom stereocenters. The van der Waals surface area contributed by atoms with E-state index in [1.54, 1.807) is 67.8 Å². The van der Waals surface area contributed by atoms with Crippen LogP contribution in [0.15, 0.2) is 76.1 Å². The zero-order valence-corrected chi connectivity index (χ0v) is 18.9. The average Bonchev–Trinajstić information content (AvgIpc) is 2.87. The first kappa shape index (κ1) is 22.7. The van der Waals surface area contributed by atoms with Gasteiger partial charge >= 0.3 is 0 Å². The molecule has 0 unspecified atom stereocenters. The van der Waals surface area contributed by atoms with E-state index in [1.165, 1.54) is 20.5 Å². The fourth-order valence-corrected chi connectivity index (χ4v) is 3.43. The maximum atomic E-state index is 12.9. The second kappa shape index (κ2) is 9.99. The smallest absolute Gasteiger partial charge is 0.262 e. The molecule has 1 N–H and O–H groups in total. The van der Waals surface area contributed by atoms with Crippen LogP contribution in [-0.4, -0.2) is 33.8 Å². The van der Waals surface area contributed by atoms with Gasteiger partial charge in [0.15, 0.2) is 23.5 Å². The third-order valence-corrected chi connectivity index (χ3v) is 5.18. The van der Waals surface area contributed by atoms with Crippen LogP contribution in [0.25, 0.3) is 22.1 Å². The molecule has 8 nitrogen and oxygen atoms in total. The Bertz CT molecular complexity index is 1380. The summed E-state index contributed by atoms with van der Waals surface area (Å²) in [6.07, 6.45) is 1.42. The topological polar surface area (TPSA) is 96.2 Å². The Kier molecular flexibility index (Phi) is 6.68. The van der Waals surface area contributed by atoms with Gasteiger partial charge in [-0.3, -0.25) is 9.59 Å². The van der Waals surface area contributed by atoms with Gasteiger partial charge in [0.2, 0.25) is 0 Å². The molecule has 0 aliphatic heterocycles. The number of anilines is 1. The van der Waals surface area contributed by atoms with Gasteiger partial charge < -0.3 is 28.7 Å². The molecule has 4 aromatic rings. The highest BCUT2D eigenvalue weighted by molar-refractivity contribution is 5.92. The van der Waals surface area contributed by atoms with Crippen molar-refractivity contribution >= 4 is 22.6 Å². The van der Waals surface area contributed by atoms with E-state index in [4.69, 9.17) is 23.4 Å². The molecule has 4 rings (SSSR count). The molecule has 0 aliphatic rings. The van der Waals surface area contributed by atoms with Gasteiger partial charge in [0.05, 0.1) is 32.3 Å². The average molecular weight is 461 g/mol. The lowest BCUT2D eigenvalue weighted by molar-refractivity contribution is -0.118. The number of hydrogen-bond donors (Lipinski definition) is 1. The number of hydrogen-bond acceptors (Lipinski definition) is 7. The van der Waals surface area contributed by atoms with Crippen LogP contribution in [0.3, 0.4) is 0 Å². The van der Waals surface area contributed by atoms with Crippen molar-refractivity contribution in [2.75, 3.05) is 33.3 Å². The van der Waals surface area contributed by atoms with Crippen molar-refractivity contribution in [2.45, 2.75) is 0 Å². The van der Waals surface area contributed by atoms with Gasteiger partial charge in [0.25, 0.3) is 5.91 Å². The molecule has 1 heterocycles. The predicted molar refractivity (Wildman–Crippen MR) is 128 cm³/mol. The number of amides is 1. The van der Waals surface area contributed by atoms with Gasteiger partial charge in [-0.15, -0.1) is 0 Å². The monoisotopic (exact) mass is 461 g/mol. The van der Waals surface area contributed by atoms with Crippen molar-refractivity contribution in [3.8, 4) is 34.1 Å². The third kappa shape index (κ3) is 4.80. The molecule has 0 spiro atoms. The molecule has 1 aromatic heterocycles. The van der Waals surface area contributed by atoms with Crippen LogP contribution in [-0.2, 0) is 4.79 Å². The summed E-state index contributed by atoms with van der Waals surface area (Å²) in [5.41, 5.74) is 1.91. The highest BCUT2D eigenvalue weighted by Gasteiger charge is 2.12. The number of ether oxygens (including phenoxy) is 4. The van der Waals surface area contributed by atoms with Crippen molar-refractivity contribution in [1.29, 1.82) is 0 Å². The van der Waals surface area contributed by atoms with Crippen molar-refractivity contribution in [2.24, 2.45) is 0 Å². The molecule has 1 amide bonds. The summed E-state index contributed by atoms with van der Waals surface area (Å²) in [6, 6.07) is 17.0. The van der Waals surface area contributed by atoms with Gasteiger partial charge in [0.1, 0.15) is 23.3 Å². The Hall–Kier alpha value is -4.46. The minimum absolute atomic E-state index is 0.163. The van der Waals surface area contributed by atoms with Gasteiger partial charge in [-0.05, 0) is 42.0 Å². The molecule has 0 saturated carbocycles. The van der Waals surface area contributed by atoms with Crippen LogP contribution in [0.1, 0.15) is 0 Å². The van der Waals surface area contributed by atoms with Gasteiger partial charge in [-0.2, -0.15) is 0 Å². The molecular weight excluding hydrogens is 438 g/mol. The Morgan fingerprint density at radius 3 is 2.29 bits per heavy atom. The molecule has 0 fully saturated rings. The minimum atomic E-state index is -0.358. The lowest BCUT2D eigenvalue weighted by Gasteiger charge is -2.11. The Morgan fingerprint density at radius 1 is 0.853 bits per heavy atom. The van der Waals surface area contributed by atoms with E-state index >= 15 is 0 Å². The zero-order valence-electron chi connectivity index (χ0n) is 18.9. The first-order chi connectivity index (χ1) is 16.5. The van der Waals surface area contributed by atoms with E-state index in [2.05, 4.69) is 5.32 Å². The van der Waals surface area contributed by atoms with Crippen LogP contribution in [0.4, 0.5) is 5.69 Å². The summed E-state index contributed by atoms with van der Waals surface area (Å²) in [6.45, 7) is -0.228. The second-order valence-electron chi connectivity index (χ2n) is 7.27. The van der Waals surface area contributed by atoms with Crippen LogP contribution >= 0.6 is 0 Å². The van der Waals surface area contributed by atoms with Crippen molar-refractivity contribution < 1.29 is 28.2 Å². The summed E-state index contributed by atoms with van der Waals surface area (Å²) in [5.74, 6) is 1.80. The standard InChI is InChI=1S/C26H23NO7/c1-30-18-7-4-16(5-8-18)21-14-34-23-13-19(9-10-20(23)26(21)29)33-15-25(28)27-17-6-11-22(31-2)24(12-17)32-3/h4-14H,15H2,1-3H3,(H,27,28). The second-order valence-corrected chi connectivity index (χ2v) is 7.27. The molecule has 3 aromatic carbocycles. The van der Waals surface area contributed by atoms with E-state index in [9.17, 15) is 9.59 Å². The third-order valence-electron chi connectivity index (χ3n) is 5.18. The normalized spacial score (nSPS) is 10.6. The number of benzene rings is 3. The molecule has 0 aliphatic carbocycles. The maximum absolute atomic E-state index is 12.9. The van der Waals surface area contributed by atoms with Gasteiger partial charge in [0, 0.05) is 17.8 Å². The Morgan fingerprint density at radius 2 is 1.59 bits per heavy atom. The number of fused-ring (bicyclic) bond motifs is 1. The SMILES string of the molecule is COc1ccc(-c2coc3cc(OCC(=O)Nc4ccc(OC)c(OC)c4)ccc3c2=O)cc1. The number of nitrogens with one attached hydrogen (secondary N) is 1. The maximum Gasteiger partial charge on any atom is 0.262 e. The van der Waals surface area contributed by atoms with Crippen LogP contribution in [0.2, 0.25) is 0 Å². The van der Waals surface area contributed by atoms with E-state index in [0.717, 1.165) is 5.56 Å². The first-order valence-electron chi connectivity index (χ1n) is 10.4. The van der Waals surface area contributed by atoms with Crippen LogP contribution in [0.5, 0.6) is 23.0 Å². The highest BCUT2D eigenvalue weighted by atomic mass is 16.5. The fraction of sp³-hybridized carbons (Fsp3) is 0.154. The van der Waals surface area contributed by atoms with Crippen molar-refractivity contribution in [3.63, 3.8) is 0 Å². The molecule has 174 valence electrons.